The first-order valence-corrected chi connectivity index (χ1v) is 8.44. The van der Waals surface area contributed by atoms with Crippen LogP contribution in [0.15, 0.2) is 30.6 Å². The van der Waals surface area contributed by atoms with Crippen molar-refractivity contribution in [3.05, 3.63) is 53.1 Å². The molecule has 27 heavy (non-hydrogen) atoms. The Balaban J connectivity index is 0.00000210. The Morgan fingerprint density at radius 1 is 1.19 bits per heavy atom. The third kappa shape index (κ3) is 3.00. The topological polar surface area (TPSA) is 87.5 Å². The maximum Gasteiger partial charge on any atom is 0.261 e. The van der Waals surface area contributed by atoms with E-state index in [9.17, 15) is 14.4 Å². The lowest BCUT2D eigenvalue weighted by Crippen LogP contribution is -2.49. The molecule has 1 saturated heterocycles. The van der Waals surface area contributed by atoms with Crippen molar-refractivity contribution in [2.45, 2.75) is 6.04 Å². The predicted octanol–water partition coefficient (Wildman–Crippen LogP) is 0.854. The first kappa shape index (κ1) is 19.1. The van der Waals surface area contributed by atoms with Gasteiger partial charge in [-0.1, -0.05) is 0 Å². The van der Waals surface area contributed by atoms with Crippen LogP contribution < -0.4 is 5.32 Å². The van der Waals surface area contributed by atoms with Crippen LogP contribution in [0.25, 0.3) is 0 Å². The number of hydrogen-bond acceptors (Lipinski definition) is 5. The van der Waals surface area contributed by atoms with Crippen molar-refractivity contribution < 1.29 is 14.4 Å². The first-order chi connectivity index (χ1) is 12.5. The maximum absolute atomic E-state index is 13.1. The van der Waals surface area contributed by atoms with Crippen LogP contribution >= 0.6 is 12.4 Å². The van der Waals surface area contributed by atoms with Gasteiger partial charge in [0.15, 0.2) is 0 Å². The Morgan fingerprint density at radius 3 is 2.63 bits per heavy atom. The summed E-state index contributed by atoms with van der Waals surface area (Å²) in [6, 6.07) is 4.51. The fourth-order valence-electron chi connectivity index (χ4n) is 3.54. The monoisotopic (exact) mass is 389 g/mol. The molecule has 1 aromatic heterocycles. The average molecular weight is 390 g/mol. The van der Waals surface area contributed by atoms with Gasteiger partial charge in [0.1, 0.15) is 11.9 Å². The molecule has 1 aromatic carbocycles. The van der Waals surface area contributed by atoms with Gasteiger partial charge in [-0.05, 0) is 18.2 Å². The molecule has 1 unspecified atom stereocenters. The maximum atomic E-state index is 13.1. The van der Waals surface area contributed by atoms with Gasteiger partial charge in [-0.25, -0.2) is 4.98 Å². The summed E-state index contributed by atoms with van der Waals surface area (Å²) in [5, 5.41) is 3.29. The minimum atomic E-state index is -0.374. The minimum Gasteiger partial charge on any atom is -0.336 e. The van der Waals surface area contributed by atoms with Gasteiger partial charge in [0.2, 0.25) is 0 Å². The summed E-state index contributed by atoms with van der Waals surface area (Å²) in [6.07, 6.45) is 3.56. The Labute approximate surface area is 162 Å². The second kappa shape index (κ2) is 7.13. The van der Waals surface area contributed by atoms with Crippen molar-refractivity contribution in [2.75, 3.05) is 26.7 Å². The SMILES string of the molecule is CN1C(=O)c2ccc(C(=O)N3CCNCC3c3nccn3C)cc2C1=O.Cl. The molecule has 1 fully saturated rings. The van der Waals surface area contributed by atoms with E-state index in [0.29, 0.717) is 30.8 Å². The molecule has 142 valence electrons. The summed E-state index contributed by atoms with van der Waals surface area (Å²) in [5.41, 5.74) is 1.03. The number of amides is 3. The van der Waals surface area contributed by atoms with E-state index in [2.05, 4.69) is 10.3 Å². The Kier molecular flexibility index (Phi) is 5.03. The normalized spacial score (nSPS) is 19.1. The minimum absolute atomic E-state index is 0. The van der Waals surface area contributed by atoms with Crippen molar-refractivity contribution in [1.82, 2.24) is 24.7 Å². The van der Waals surface area contributed by atoms with E-state index in [1.807, 2.05) is 17.8 Å². The third-order valence-electron chi connectivity index (χ3n) is 5.00. The lowest BCUT2D eigenvalue weighted by atomic mass is 10.0. The molecule has 0 aliphatic carbocycles. The lowest BCUT2D eigenvalue weighted by molar-refractivity contribution is 0.0620. The zero-order chi connectivity index (χ0) is 18.4. The number of rotatable bonds is 2. The number of hydrogen-bond donors (Lipinski definition) is 1. The third-order valence-corrected chi connectivity index (χ3v) is 5.00. The van der Waals surface area contributed by atoms with E-state index in [1.165, 1.54) is 13.1 Å². The zero-order valence-corrected chi connectivity index (χ0v) is 15.8. The van der Waals surface area contributed by atoms with Crippen molar-refractivity contribution in [2.24, 2.45) is 7.05 Å². The molecule has 2 aliphatic heterocycles. The van der Waals surface area contributed by atoms with Gasteiger partial charge in [-0.3, -0.25) is 19.3 Å². The number of nitrogens with one attached hydrogen (secondary N) is 1. The summed E-state index contributed by atoms with van der Waals surface area (Å²) in [5.74, 6) is -0.0764. The second-order valence-corrected chi connectivity index (χ2v) is 6.54. The van der Waals surface area contributed by atoms with Gasteiger partial charge in [-0.15, -0.1) is 12.4 Å². The fraction of sp³-hybridized carbons (Fsp3) is 0.333. The first-order valence-electron chi connectivity index (χ1n) is 8.44. The molecule has 0 radical (unpaired) electrons. The fourth-order valence-corrected chi connectivity index (χ4v) is 3.54. The quantitative estimate of drug-likeness (QED) is 0.769. The van der Waals surface area contributed by atoms with Gasteiger partial charge in [0, 0.05) is 51.7 Å². The van der Waals surface area contributed by atoms with Crippen LogP contribution in [0.3, 0.4) is 0 Å². The number of piperazine rings is 1. The molecule has 1 N–H and O–H groups in total. The smallest absolute Gasteiger partial charge is 0.261 e. The van der Waals surface area contributed by atoms with E-state index in [1.54, 1.807) is 23.2 Å². The molecule has 2 aliphatic rings. The molecule has 9 heteroatoms. The number of carbonyl (C=O) groups excluding carboxylic acids is 3. The summed E-state index contributed by atoms with van der Waals surface area (Å²) in [7, 11) is 3.34. The largest absolute Gasteiger partial charge is 0.336 e. The number of aryl methyl sites for hydroxylation is 1. The highest BCUT2D eigenvalue weighted by atomic mass is 35.5. The molecule has 1 atom stereocenters. The highest BCUT2D eigenvalue weighted by Crippen LogP contribution is 2.26. The summed E-state index contributed by atoms with van der Waals surface area (Å²) in [4.78, 5) is 44.6. The number of fused-ring (bicyclic) bond motifs is 1. The van der Waals surface area contributed by atoms with E-state index >= 15 is 0 Å². The molecule has 0 spiro atoms. The zero-order valence-electron chi connectivity index (χ0n) is 15.0. The van der Waals surface area contributed by atoms with Crippen LogP contribution in [0.4, 0.5) is 0 Å². The molecule has 2 aromatic rings. The van der Waals surface area contributed by atoms with E-state index in [-0.39, 0.29) is 41.7 Å². The number of imide groups is 1. The molecular formula is C18H20ClN5O3. The molecular weight excluding hydrogens is 370 g/mol. The van der Waals surface area contributed by atoms with Gasteiger partial charge >= 0.3 is 0 Å². The van der Waals surface area contributed by atoms with Gasteiger partial charge in [0.25, 0.3) is 17.7 Å². The number of benzene rings is 1. The Bertz CT molecular complexity index is 925. The van der Waals surface area contributed by atoms with Crippen molar-refractivity contribution in [1.29, 1.82) is 0 Å². The van der Waals surface area contributed by atoms with Crippen LogP contribution in [0, 0.1) is 0 Å². The van der Waals surface area contributed by atoms with E-state index < -0.39 is 0 Å². The number of carbonyl (C=O) groups is 3. The summed E-state index contributed by atoms with van der Waals surface area (Å²) >= 11 is 0. The van der Waals surface area contributed by atoms with E-state index in [4.69, 9.17) is 0 Å². The van der Waals surface area contributed by atoms with Gasteiger partial charge < -0.3 is 14.8 Å². The summed E-state index contributed by atoms with van der Waals surface area (Å²) < 4.78 is 1.90. The Morgan fingerprint density at radius 2 is 1.93 bits per heavy atom. The molecule has 8 nitrogen and oxygen atoms in total. The average Bonchev–Trinajstić information content (AvgIpc) is 3.18. The van der Waals surface area contributed by atoms with Crippen LogP contribution in [0.1, 0.15) is 42.9 Å². The standard InChI is InChI=1S/C18H19N5O3.ClH/c1-21-7-6-20-15(21)14-10-19-5-8-23(14)16(24)11-3-4-12-13(9-11)18(26)22(2)17(12)25;/h3-4,6-7,9,14,19H,5,8,10H2,1-2H3;1H. The van der Waals surface area contributed by atoms with Crippen molar-refractivity contribution in [3.63, 3.8) is 0 Å². The van der Waals surface area contributed by atoms with Crippen molar-refractivity contribution in [3.8, 4) is 0 Å². The number of imidazole rings is 1. The molecule has 3 heterocycles. The predicted molar refractivity (Wildman–Crippen MR) is 100.0 cm³/mol. The summed E-state index contributed by atoms with van der Waals surface area (Å²) in [6.45, 7) is 1.85. The molecule has 0 saturated carbocycles. The van der Waals surface area contributed by atoms with Gasteiger partial charge in [0.05, 0.1) is 11.1 Å². The van der Waals surface area contributed by atoms with Gasteiger partial charge in [-0.2, -0.15) is 0 Å². The highest BCUT2D eigenvalue weighted by Gasteiger charge is 2.35. The molecule has 4 rings (SSSR count). The number of nitrogens with zero attached hydrogens (tertiary/aromatic N) is 4. The number of halogens is 1. The Hall–Kier alpha value is -2.71. The molecule has 0 bridgehead atoms. The van der Waals surface area contributed by atoms with Crippen LogP contribution in [-0.2, 0) is 7.05 Å². The second-order valence-electron chi connectivity index (χ2n) is 6.54. The number of aromatic nitrogens is 2. The molecule has 3 amide bonds. The van der Waals surface area contributed by atoms with Crippen LogP contribution in [-0.4, -0.2) is 63.8 Å². The van der Waals surface area contributed by atoms with Crippen LogP contribution in [0.5, 0.6) is 0 Å². The van der Waals surface area contributed by atoms with Crippen LogP contribution in [0.2, 0.25) is 0 Å². The lowest BCUT2D eigenvalue weighted by Gasteiger charge is -2.35. The highest BCUT2D eigenvalue weighted by molar-refractivity contribution is 6.21. The van der Waals surface area contributed by atoms with E-state index in [0.717, 1.165) is 10.7 Å². The van der Waals surface area contributed by atoms with Crippen molar-refractivity contribution >= 4 is 30.1 Å².